The molecular weight excluding hydrogens is 315 g/mol. The molecule has 0 bridgehead atoms. The second kappa shape index (κ2) is 6.22. The van der Waals surface area contributed by atoms with Crippen LogP contribution in [0.15, 0.2) is 23.4 Å². The van der Waals surface area contributed by atoms with Crippen LogP contribution in [0, 0.1) is 0 Å². The van der Waals surface area contributed by atoms with Crippen molar-refractivity contribution in [1.82, 2.24) is 5.32 Å². The Balaban J connectivity index is 2.02. The number of aliphatic hydroxyl groups excluding tert-OH is 1. The van der Waals surface area contributed by atoms with Crippen molar-refractivity contribution >= 4 is 34.8 Å². The van der Waals surface area contributed by atoms with Gasteiger partial charge in [0.1, 0.15) is 0 Å². The van der Waals surface area contributed by atoms with Gasteiger partial charge in [0.15, 0.2) is 0 Å². The van der Waals surface area contributed by atoms with Gasteiger partial charge in [-0.3, -0.25) is 4.79 Å². The van der Waals surface area contributed by atoms with Crippen LogP contribution in [-0.4, -0.2) is 35.0 Å². The highest BCUT2D eigenvalue weighted by atomic mass is 35.5. The van der Waals surface area contributed by atoms with Gasteiger partial charge < -0.3 is 15.3 Å². The third kappa shape index (κ3) is 3.87. The fraction of sp³-hybridized carbons (Fsp3) is 0.429. The average Bonchev–Trinajstić information content (AvgIpc) is 2.91. The van der Waals surface area contributed by atoms with E-state index >= 15 is 0 Å². The lowest BCUT2D eigenvalue weighted by molar-refractivity contribution is -0.133. The van der Waals surface area contributed by atoms with Gasteiger partial charge in [0, 0.05) is 12.0 Å². The Bertz CT molecular complexity index is 588. The fourth-order valence-corrected chi connectivity index (χ4v) is 2.12. The Hall–Kier alpha value is -1.30. The molecule has 114 valence electrons. The largest absolute Gasteiger partial charge is 0.394 e. The van der Waals surface area contributed by atoms with E-state index < -0.39 is 11.6 Å². The lowest BCUT2D eigenvalue weighted by Gasteiger charge is -2.24. The summed E-state index contributed by atoms with van der Waals surface area (Å²) in [5.41, 5.74) is 0.698. The molecule has 1 heterocycles. The molecule has 0 fully saturated rings. The predicted octanol–water partition coefficient (Wildman–Crippen LogP) is 2.37. The number of halogens is 2. The molecule has 0 spiro atoms. The van der Waals surface area contributed by atoms with E-state index in [9.17, 15) is 4.79 Å². The number of nitrogens with zero attached hydrogens (tertiary/aromatic N) is 1. The first-order valence-electron chi connectivity index (χ1n) is 6.43. The number of carbonyl (C=O) groups is 1. The van der Waals surface area contributed by atoms with Crippen LogP contribution in [0.4, 0.5) is 0 Å². The number of aliphatic hydroxyl groups is 1. The summed E-state index contributed by atoms with van der Waals surface area (Å²) in [5.74, 6) is -0.312. The molecule has 2 N–H and O–H groups in total. The quantitative estimate of drug-likeness (QED) is 0.890. The molecule has 0 saturated carbocycles. The summed E-state index contributed by atoms with van der Waals surface area (Å²) in [6.07, 6.45) is -0.369. The maximum absolute atomic E-state index is 12.1. The molecule has 7 heteroatoms. The van der Waals surface area contributed by atoms with Gasteiger partial charge in [0.05, 0.1) is 27.9 Å². The Morgan fingerprint density at radius 3 is 2.81 bits per heavy atom. The number of oxime groups is 1. The van der Waals surface area contributed by atoms with Crippen LogP contribution in [-0.2, 0) is 9.63 Å². The molecule has 0 unspecified atom stereocenters. The zero-order chi connectivity index (χ0) is 15.6. The first kappa shape index (κ1) is 16.1. The van der Waals surface area contributed by atoms with Gasteiger partial charge in [-0.15, -0.1) is 0 Å². The van der Waals surface area contributed by atoms with Crippen molar-refractivity contribution in [3.8, 4) is 0 Å². The van der Waals surface area contributed by atoms with Crippen molar-refractivity contribution in [3.05, 3.63) is 33.8 Å². The molecule has 5 nitrogen and oxygen atoms in total. The monoisotopic (exact) mass is 330 g/mol. The lowest BCUT2D eigenvalue weighted by atomic mass is 10.0. The van der Waals surface area contributed by atoms with Crippen LogP contribution in [0.5, 0.6) is 0 Å². The molecule has 1 aliphatic rings. The molecule has 0 saturated heterocycles. The second-order valence-electron chi connectivity index (χ2n) is 5.50. The van der Waals surface area contributed by atoms with E-state index in [-0.39, 0.29) is 12.5 Å². The summed E-state index contributed by atoms with van der Waals surface area (Å²) >= 11 is 11.8. The number of benzene rings is 1. The van der Waals surface area contributed by atoms with Crippen LogP contribution >= 0.6 is 23.2 Å². The van der Waals surface area contributed by atoms with E-state index in [1.165, 1.54) is 0 Å². The average molecular weight is 331 g/mol. The summed E-state index contributed by atoms with van der Waals surface area (Å²) in [5, 5.41) is 16.7. The van der Waals surface area contributed by atoms with Gasteiger partial charge >= 0.3 is 0 Å². The molecule has 0 radical (unpaired) electrons. The molecule has 1 aromatic rings. The first-order chi connectivity index (χ1) is 9.82. The molecule has 21 heavy (non-hydrogen) atoms. The third-order valence-corrected chi connectivity index (χ3v) is 3.81. The highest BCUT2D eigenvalue weighted by molar-refractivity contribution is 6.42. The summed E-state index contributed by atoms with van der Waals surface area (Å²) in [4.78, 5) is 17.2. The van der Waals surface area contributed by atoms with Crippen molar-refractivity contribution in [1.29, 1.82) is 0 Å². The smallest absolute Gasteiger partial charge is 0.264 e. The van der Waals surface area contributed by atoms with Crippen LogP contribution in [0.2, 0.25) is 10.0 Å². The Morgan fingerprint density at radius 2 is 2.19 bits per heavy atom. The number of hydrogen-bond donors (Lipinski definition) is 2. The van der Waals surface area contributed by atoms with Gasteiger partial charge in [-0.1, -0.05) is 34.4 Å². The number of rotatable bonds is 4. The SMILES string of the molecule is CC(C)(CO)NC(=O)[C@H]1CC(c2ccc(Cl)c(Cl)c2)=NO1. The van der Waals surface area contributed by atoms with Crippen molar-refractivity contribution in [2.24, 2.45) is 5.16 Å². The van der Waals surface area contributed by atoms with Crippen LogP contribution in [0.3, 0.4) is 0 Å². The predicted molar refractivity (Wildman–Crippen MR) is 81.8 cm³/mol. The van der Waals surface area contributed by atoms with Crippen molar-refractivity contribution in [2.75, 3.05) is 6.61 Å². The van der Waals surface area contributed by atoms with E-state index in [4.69, 9.17) is 33.1 Å². The minimum Gasteiger partial charge on any atom is -0.394 e. The van der Waals surface area contributed by atoms with Crippen LogP contribution in [0.1, 0.15) is 25.8 Å². The van der Waals surface area contributed by atoms with Gasteiger partial charge in [0.25, 0.3) is 5.91 Å². The van der Waals surface area contributed by atoms with E-state index in [1.54, 1.807) is 32.0 Å². The maximum Gasteiger partial charge on any atom is 0.264 e. The Morgan fingerprint density at radius 1 is 1.48 bits per heavy atom. The molecule has 1 amide bonds. The van der Waals surface area contributed by atoms with E-state index in [1.807, 2.05) is 0 Å². The lowest BCUT2D eigenvalue weighted by Crippen LogP contribution is -2.50. The molecule has 1 aromatic carbocycles. The molecule has 0 aliphatic carbocycles. The summed E-state index contributed by atoms with van der Waals surface area (Å²) < 4.78 is 0. The van der Waals surface area contributed by atoms with E-state index in [0.29, 0.717) is 22.2 Å². The Labute approximate surface area is 132 Å². The summed E-state index contributed by atoms with van der Waals surface area (Å²) in [6.45, 7) is 3.28. The van der Waals surface area contributed by atoms with Gasteiger partial charge in [-0.2, -0.15) is 0 Å². The van der Waals surface area contributed by atoms with Gasteiger partial charge in [-0.25, -0.2) is 0 Å². The standard InChI is InChI=1S/C14H16Cl2N2O3/c1-14(2,7-19)17-13(20)12-6-11(18-21-12)8-3-4-9(15)10(16)5-8/h3-5,12,19H,6-7H2,1-2H3,(H,17,20)/t12-/m1/s1. The molecule has 0 aromatic heterocycles. The fourth-order valence-electron chi connectivity index (χ4n) is 1.82. The number of nitrogens with one attached hydrogen (secondary N) is 1. The summed E-state index contributed by atoms with van der Waals surface area (Å²) in [6, 6.07) is 5.13. The molecule has 1 aliphatic heterocycles. The second-order valence-corrected chi connectivity index (χ2v) is 6.31. The Kier molecular flexibility index (Phi) is 4.76. The maximum atomic E-state index is 12.1. The zero-order valence-corrected chi connectivity index (χ0v) is 13.2. The topological polar surface area (TPSA) is 70.9 Å². The molecule has 1 atom stereocenters. The van der Waals surface area contributed by atoms with Crippen molar-refractivity contribution in [2.45, 2.75) is 31.9 Å². The normalized spacial score (nSPS) is 18.1. The molecule has 2 rings (SSSR count). The van der Waals surface area contributed by atoms with Crippen molar-refractivity contribution < 1.29 is 14.7 Å². The minimum atomic E-state index is -0.708. The first-order valence-corrected chi connectivity index (χ1v) is 7.19. The number of carbonyl (C=O) groups excluding carboxylic acids is 1. The van der Waals surface area contributed by atoms with Crippen LogP contribution in [0.25, 0.3) is 0 Å². The van der Waals surface area contributed by atoms with Crippen molar-refractivity contribution in [3.63, 3.8) is 0 Å². The summed E-state index contributed by atoms with van der Waals surface area (Å²) in [7, 11) is 0. The van der Waals surface area contributed by atoms with Gasteiger partial charge in [-0.05, 0) is 26.0 Å². The zero-order valence-electron chi connectivity index (χ0n) is 11.7. The number of hydrogen-bond acceptors (Lipinski definition) is 4. The minimum absolute atomic E-state index is 0.161. The van der Waals surface area contributed by atoms with Crippen LogP contribution < -0.4 is 5.32 Å². The third-order valence-electron chi connectivity index (χ3n) is 3.07. The van der Waals surface area contributed by atoms with E-state index in [2.05, 4.69) is 10.5 Å². The van der Waals surface area contributed by atoms with Gasteiger partial charge in [0.2, 0.25) is 6.10 Å². The highest BCUT2D eigenvalue weighted by Gasteiger charge is 2.32. The van der Waals surface area contributed by atoms with E-state index in [0.717, 1.165) is 5.56 Å². The molecular formula is C14H16Cl2N2O3. The highest BCUT2D eigenvalue weighted by Crippen LogP contribution is 2.25. The number of amides is 1.